The molecule has 3 rings (SSSR count). The van der Waals surface area contributed by atoms with Crippen LogP contribution in [0, 0.1) is 0 Å². The number of rotatable bonds is 6. The number of halogens is 3. The van der Waals surface area contributed by atoms with E-state index >= 15 is 0 Å². The minimum Gasteiger partial charge on any atom is -0.475 e. The number of carbonyl (C=O) groups is 2. The topological polar surface area (TPSA) is 78.7 Å². The van der Waals surface area contributed by atoms with Crippen LogP contribution in [-0.4, -0.2) is 62.1 Å². The number of carbonyl (C=O) groups excluding carboxylic acids is 1. The van der Waals surface area contributed by atoms with Crippen LogP contribution in [-0.2, 0) is 35.6 Å². The Kier molecular flexibility index (Phi) is 9.45. The summed E-state index contributed by atoms with van der Waals surface area (Å²) in [4.78, 5) is 30.6. The van der Waals surface area contributed by atoms with Gasteiger partial charge in [0.2, 0.25) is 5.91 Å². The molecule has 0 fully saturated rings. The Morgan fingerprint density at radius 1 is 1.18 bits per heavy atom. The van der Waals surface area contributed by atoms with E-state index in [9.17, 15) is 18.0 Å². The Hall–Kier alpha value is -2.88. The number of amides is 1. The first-order valence-corrected chi connectivity index (χ1v) is 10.8. The van der Waals surface area contributed by atoms with Crippen molar-refractivity contribution in [2.24, 2.45) is 0 Å². The summed E-state index contributed by atoms with van der Waals surface area (Å²) in [7, 11) is 2.12. The van der Waals surface area contributed by atoms with Gasteiger partial charge in [-0.2, -0.15) is 13.2 Å². The van der Waals surface area contributed by atoms with Gasteiger partial charge in [-0.3, -0.25) is 9.69 Å². The van der Waals surface area contributed by atoms with Gasteiger partial charge in [-0.25, -0.2) is 9.78 Å². The lowest BCUT2D eigenvalue weighted by Crippen LogP contribution is -2.32. The molecule has 33 heavy (non-hydrogen) atoms. The summed E-state index contributed by atoms with van der Waals surface area (Å²) in [5, 5.41) is 7.12. The van der Waals surface area contributed by atoms with Gasteiger partial charge in [0.1, 0.15) is 0 Å². The Labute approximate surface area is 191 Å². The fraction of sp³-hybridized carbons (Fsp3) is 0.522. The quantitative estimate of drug-likeness (QED) is 0.699. The first-order chi connectivity index (χ1) is 15.5. The molecule has 0 saturated carbocycles. The molecule has 2 heterocycles. The van der Waals surface area contributed by atoms with Crippen molar-refractivity contribution in [3.63, 3.8) is 0 Å². The van der Waals surface area contributed by atoms with Crippen LogP contribution < -0.4 is 0 Å². The number of hydrogen-bond donors (Lipinski definition) is 1. The van der Waals surface area contributed by atoms with Gasteiger partial charge in [-0.15, -0.1) is 0 Å². The van der Waals surface area contributed by atoms with E-state index in [2.05, 4.69) is 47.5 Å². The maximum atomic E-state index is 12.8. The van der Waals surface area contributed by atoms with E-state index in [0.717, 1.165) is 38.2 Å². The summed E-state index contributed by atoms with van der Waals surface area (Å²) in [5.41, 5.74) is 3.52. The minimum absolute atomic E-state index is 0.242. The SMILES string of the molecule is CC(C)N(C)Cc1ncn2c1CN(C(=O)CCc1ccccc1)CCC2.O=C(O)C(F)(F)F. The van der Waals surface area contributed by atoms with E-state index in [4.69, 9.17) is 9.90 Å². The van der Waals surface area contributed by atoms with Gasteiger partial charge >= 0.3 is 12.1 Å². The van der Waals surface area contributed by atoms with Crippen molar-refractivity contribution in [3.05, 3.63) is 53.6 Å². The molecule has 10 heteroatoms. The van der Waals surface area contributed by atoms with Gasteiger partial charge in [-0.05, 0) is 39.3 Å². The number of aromatic nitrogens is 2. The zero-order valence-electron chi connectivity index (χ0n) is 19.2. The number of aryl methyl sites for hydroxylation is 2. The van der Waals surface area contributed by atoms with Crippen LogP contribution in [0.1, 0.15) is 43.6 Å². The highest BCUT2D eigenvalue weighted by Crippen LogP contribution is 2.19. The maximum Gasteiger partial charge on any atom is 0.490 e. The van der Waals surface area contributed by atoms with Gasteiger partial charge in [0.15, 0.2) is 0 Å². The Morgan fingerprint density at radius 3 is 2.39 bits per heavy atom. The molecule has 1 aliphatic heterocycles. The van der Waals surface area contributed by atoms with Gasteiger partial charge in [0.05, 0.1) is 24.3 Å². The van der Waals surface area contributed by atoms with Crippen LogP contribution >= 0.6 is 0 Å². The first-order valence-electron chi connectivity index (χ1n) is 10.8. The van der Waals surface area contributed by atoms with E-state index < -0.39 is 12.1 Å². The number of carboxylic acid groups (broad SMARTS) is 1. The molecule has 0 aliphatic carbocycles. The van der Waals surface area contributed by atoms with E-state index in [0.29, 0.717) is 19.0 Å². The van der Waals surface area contributed by atoms with Crippen LogP contribution in [0.25, 0.3) is 0 Å². The maximum absolute atomic E-state index is 12.8. The first kappa shape index (κ1) is 26.4. The van der Waals surface area contributed by atoms with Crippen molar-refractivity contribution in [1.82, 2.24) is 19.4 Å². The zero-order chi connectivity index (χ0) is 24.6. The van der Waals surface area contributed by atoms with Crippen molar-refractivity contribution in [1.29, 1.82) is 0 Å². The second-order valence-electron chi connectivity index (χ2n) is 8.30. The van der Waals surface area contributed by atoms with E-state index in [1.54, 1.807) is 0 Å². The normalized spacial score (nSPS) is 13.9. The molecule has 0 spiro atoms. The average Bonchev–Trinajstić information content (AvgIpc) is 2.99. The Morgan fingerprint density at radius 2 is 1.82 bits per heavy atom. The van der Waals surface area contributed by atoms with Gasteiger partial charge < -0.3 is 14.6 Å². The summed E-state index contributed by atoms with van der Waals surface area (Å²) in [5.74, 6) is -2.51. The highest BCUT2D eigenvalue weighted by atomic mass is 19.4. The third kappa shape index (κ3) is 8.20. The standard InChI is InChI=1S/C21H30N4O.C2HF3O2/c1-17(2)23(3)14-19-20-15-24(12-7-13-25(20)16-22-19)21(26)11-10-18-8-5-4-6-9-18;3-2(4,5)1(6)7/h4-6,8-9,16-17H,7,10-15H2,1-3H3;(H,6,7). The molecule has 0 saturated heterocycles. The van der Waals surface area contributed by atoms with Crippen LogP contribution in [0.5, 0.6) is 0 Å². The lowest BCUT2D eigenvalue weighted by Gasteiger charge is -2.23. The number of alkyl halides is 3. The molecule has 1 aromatic carbocycles. The van der Waals surface area contributed by atoms with Crippen molar-refractivity contribution < 1.29 is 27.9 Å². The molecule has 1 amide bonds. The van der Waals surface area contributed by atoms with Gasteiger partial charge in [0.25, 0.3) is 0 Å². The predicted molar refractivity (Wildman–Crippen MR) is 117 cm³/mol. The third-order valence-corrected chi connectivity index (χ3v) is 5.55. The van der Waals surface area contributed by atoms with Crippen LogP contribution in [0.2, 0.25) is 0 Å². The Bertz CT molecular complexity index is 913. The number of benzene rings is 1. The molecule has 1 aromatic heterocycles. The third-order valence-electron chi connectivity index (χ3n) is 5.55. The summed E-state index contributed by atoms with van der Waals surface area (Å²) in [6.07, 6.45) is -0.783. The fourth-order valence-electron chi connectivity index (χ4n) is 3.33. The highest BCUT2D eigenvalue weighted by Gasteiger charge is 2.38. The summed E-state index contributed by atoms with van der Waals surface area (Å²) in [6.45, 7) is 7.65. The summed E-state index contributed by atoms with van der Waals surface area (Å²) >= 11 is 0. The lowest BCUT2D eigenvalue weighted by atomic mass is 10.1. The smallest absolute Gasteiger partial charge is 0.475 e. The fourth-order valence-corrected chi connectivity index (χ4v) is 3.33. The van der Waals surface area contributed by atoms with Crippen molar-refractivity contribution in [2.75, 3.05) is 13.6 Å². The molecule has 0 radical (unpaired) electrons. The highest BCUT2D eigenvalue weighted by molar-refractivity contribution is 5.76. The van der Waals surface area contributed by atoms with E-state index in [-0.39, 0.29) is 5.91 Å². The number of hydrogen-bond acceptors (Lipinski definition) is 4. The number of aliphatic carboxylic acids is 1. The number of imidazole rings is 1. The number of carboxylic acids is 1. The van der Waals surface area contributed by atoms with Gasteiger partial charge in [0, 0.05) is 32.1 Å². The monoisotopic (exact) mass is 468 g/mol. The van der Waals surface area contributed by atoms with Crippen molar-refractivity contribution in [3.8, 4) is 0 Å². The largest absolute Gasteiger partial charge is 0.490 e. The molecule has 1 aliphatic rings. The predicted octanol–water partition coefficient (Wildman–Crippen LogP) is 3.72. The molecular formula is C23H31F3N4O3. The van der Waals surface area contributed by atoms with Crippen molar-refractivity contribution in [2.45, 2.75) is 65.0 Å². The average molecular weight is 469 g/mol. The van der Waals surface area contributed by atoms with Crippen molar-refractivity contribution >= 4 is 11.9 Å². The minimum atomic E-state index is -5.08. The van der Waals surface area contributed by atoms with Crippen LogP contribution in [0.4, 0.5) is 13.2 Å². The van der Waals surface area contributed by atoms with E-state index in [1.165, 1.54) is 11.3 Å². The summed E-state index contributed by atoms with van der Waals surface area (Å²) < 4.78 is 34.0. The molecule has 1 N–H and O–H groups in total. The van der Waals surface area contributed by atoms with Gasteiger partial charge in [-0.1, -0.05) is 30.3 Å². The summed E-state index contributed by atoms with van der Waals surface area (Å²) in [6, 6.07) is 10.7. The van der Waals surface area contributed by atoms with Crippen LogP contribution in [0.3, 0.4) is 0 Å². The molecule has 2 aromatic rings. The molecule has 0 unspecified atom stereocenters. The zero-order valence-corrected chi connectivity index (χ0v) is 19.2. The molecule has 0 bridgehead atoms. The molecule has 7 nitrogen and oxygen atoms in total. The molecule has 0 atom stereocenters. The van der Waals surface area contributed by atoms with E-state index in [1.807, 2.05) is 29.4 Å². The second kappa shape index (κ2) is 11.8. The lowest BCUT2D eigenvalue weighted by molar-refractivity contribution is -0.192. The number of fused-ring (bicyclic) bond motifs is 1. The second-order valence-corrected chi connectivity index (χ2v) is 8.30. The molecular weight excluding hydrogens is 437 g/mol. The number of nitrogens with zero attached hydrogens (tertiary/aromatic N) is 4. The Balaban J connectivity index is 0.000000479. The van der Waals surface area contributed by atoms with Crippen LogP contribution in [0.15, 0.2) is 36.7 Å². The molecule has 182 valence electrons.